The van der Waals surface area contributed by atoms with E-state index in [2.05, 4.69) is 29.0 Å². The molecule has 3 atom stereocenters. The number of rotatable bonds is 5. The third-order valence-corrected chi connectivity index (χ3v) is 5.21. The van der Waals surface area contributed by atoms with Crippen LogP contribution in [0.1, 0.15) is 46.5 Å². The highest BCUT2D eigenvalue weighted by Gasteiger charge is 2.33. The Kier molecular flexibility index (Phi) is 6.02. The van der Waals surface area contributed by atoms with Crippen LogP contribution in [-0.4, -0.2) is 66.1 Å². The van der Waals surface area contributed by atoms with Crippen LogP contribution in [0.2, 0.25) is 0 Å². The van der Waals surface area contributed by atoms with E-state index in [0.717, 1.165) is 45.4 Å². The van der Waals surface area contributed by atoms with Gasteiger partial charge in [0.25, 0.3) is 0 Å². The van der Waals surface area contributed by atoms with E-state index in [1.807, 2.05) is 6.92 Å². The predicted octanol–water partition coefficient (Wildman–Crippen LogP) is 0.787. The molecule has 0 aliphatic carbocycles. The molecule has 2 aliphatic heterocycles. The molecule has 2 heterocycles. The quantitative estimate of drug-likeness (QED) is 0.787. The maximum atomic E-state index is 12.2. The Labute approximate surface area is 129 Å². The van der Waals surface area contributed by atoms with Crippen molar-refractivity contribution in [2.75, 3.05) is 26.2 Å². The second-order valence-corrected chi connectivity index (χ2v) is 6.80. The Morgan fingerprint density at radius 1 is 1.24 bits per heavy atom. The van der Waals surface area contributed by atoms with Crippen LogP contribution in [0.15, 0.2) is 0 Å². The zero-order chi connectivity index (χ0) is 15.4. The molecule has 0 saturated carbocycles. The molecule has 0 bridgehead atoms. The molecule has 0 aromatic rings. The van der Waals surface area contributed by atoms with Gasteiger partial charge < -0.3 is 11.1 Å². The smallest absolute Gasteiger partial charge is 0.237 e. The first kappa shape index (κ1) is 16.7. The number of hydrogen-bond acceptors (Lipinski definition) is 4. The molecular weight excluding hydrogens is 264 g/mol. The molecule has 5 heteroatoms. The van der Waals surface area contributed by atoms with Gasteiger partial charge >= 0.3 is 0 Å². The average Bonchev–Trinajstić information content (AvgIpc) is 2.96. The van der Waals surface area contributed by atoms with E-state index < -0.39 is 0 Å². The van der Waals surface area contributed by atoms with Crippen LogP contribution in [-0.2, 0) is 4.79 Å². The summed E-state index contributed by atoms with van der Waals surface area (Å²) in [6, 6.07) is 1.24. The van der Waals surface area contributed by atoms with Gasteiger partial charge in [0, 0.05) is 31.2 Å². The van der Waals surface area contributed by atoms with Crippen LogP contribution in [0, 0.1) is 0 Å². The average molecular weight is 296 g/mol. The van der Waals surface area contributed by atoms with Gasteiger partial charge in [-0.2, -0.15) is 0 Å². The molecule has 0 aromatic heterocycles. The second kappa shape index (κ2) is 7.56. The molecule has 2 rings (SSSR count). The molecule has 0 radical (unpaired) electrons. The van der Waals surface area contributed by atoms with Gasteiger partial charge in [-0.25, -0.2) is 0 Å². The van der Waals surface area contributed by atoms with Crippen LogP contribution >= 0.6 is 0 Å². The molecule has 1 amide bonds. The summed E-state index contributed by atoms with van der Waals surface area (Å²) in [6.45, 7) is 10.5. The molecule has 2 saturated heterocycles. The number of amides is 1. The van der Waals surface area contributed by atoms with Crippen molar-refractivity contribution in [2.24, 2.45) is 5.73 Å². The minimum atomic E-state index is -0.0175. The van der Waals surface area contributed by atoms with Gasteiger partial charge in [-0.1, -0.05) is 6.92 Å². The minimum Gasteiger partial charge on any atom is -0.352 e. The van der Waals surface area contributed by atoms with E-state index in [9.17, 15) is 4.79 Å². The Bertz CT molecular complexity index is 341. The second-order valence-electron chi connectivity index (χ2n) is 6.80. The number of hydrogen-bond donors (Lipinski definition) is 2. The minimum absolute atomic E-state index is 0.0175. The Morgan fingerprint density at radius 2 is 1.90 bits per heavy atom. The van der Waals surface area contributed by atoms with Crippen molar-refractivity contribution in [1.82, 2.24) is 15.1 Å². The monoisotopic (exact) mass is 296 g/mol. The van der Waals surface area contributed by atoms with Gasteiger partial charge in [0.15, 0.2) is 0 Å². The van der Waals surface area contributed by atoms with E-state index in [4.69, 9.17) is 5.73 Å². The molecule has 122 valence electrons. The highest BCUT2D eigenvalue weighted by atomic mass is 16.2. The fourth-order valence-corrected chi connectivity index (χ4v) is 3.33. The summed E-state index contributed by atoms with van der Waals surface area (Å²) < 4.78 is 0. The summed E-state index contributed by atoms with van der Waals surface area (Å²) in [6.07, 6.45) is 4.38. The molecule has 2 fully saturated rings. The van der Waals surface area contributed by atoms with E-state index in [-0.39, 0.29) is 18.0 Å². The fourth-order valence-electron chi connectivity index (χ4n) is 3.33. The van der Waals surface area contributed by atoms with Crippen LogP contribution < -0.4 is 11.1 Å². The molecule has 3 N–H and O–H groups in total. The lowest BCUT2D eigenvalue weighted by Crippen LogP contribution is -2.49. The molecule has 21 heavy (non-hydrogen) atoms. The molecule has 2 aliphatic rings. The third-order valence-electron chi connectivity index (χ3n) is 5.21. The zero-order valence-electron chi connectivity index (χ0n) is 13.8. The van der Waals surface area contributed by atoms with Crippen LogP contribution in [0.4, 0.5) is 0 Å². The normalized spacial score (nSPS) is 28.5. The van der Waals surface area contributed by atoms with Gasteiger partial charge in [0.2, 0.25) is 5.91 Å². The van der Waals surface area contributed by atoms with Crippen molar-refractivity contribution < 1.29 is 4.79 Å². The maximum absolute atomic E-state index is 12.2. The van der Waals surface area contributed by atoms with Gasteiger partial charge in [-0.05, 0) is 52.6 Å². The van der Waals surface area contributed by atoms with Gasteiger partial charge in [-0.15, -0.1) is 0 Å². The molecule has 5 nitrogen and oxygen atoms in total. The summed E-state index contributed by atoms with van der Waals surface area (Å²) >= 11 is 0. The fraction of sp³-hybridized carbons (Fsp3) is 0.938. The van der Waals surface area contributed by atoms with E-state index in [1.165, 1.54) is 6.42 Å². The maximum Gasteiger partial charge on any atom is 0.237 e. The topological polar surface area (TPSA) is 61.6 Å². The molecule has 3 unspecified atom stereocenters. The Balaban J connectivity index is 1.80. The number of nitrogens with zero attached hydrogens (tertiary/aromatic N) is 2. The summed E-state index contributed by atoms with van der Waals surface area (Å²) in [7, 11) is 0. The summed E-state index contributed by atoms with van der Waals surface area (Å²) in [5.41, 5.74) is 5.98. The lowest BCUT2D eigenvalue weighted by Gasteiger charge is -2.35. The van der Waals surface area contributed by atoms with Crippen LogP contribution in [0.25, 0.3) is 0 Å². The molecule has 0 aromatic carbocycles. The number of likely N-dealkylation sites (tertiary alicyclic amines) is 2. The molecule has 0 spiro atoms. The third kappa shape index (κ3) is 4.41. The first-order valence-corrected chi connectivity index (χ1v) is 8.55. The standard InChI is InChI=1S/C16H32N4O/c1-4-12(2)18-16(21)13(3)20-10-7-15(11-20)19-8-5-14(17)6-9-19/h12-15H,4-11,17H2,1-3H3,(H,18,21). The zero-order valence-corrected chi connectivity index (χ0v) is 13.8. The SMILES string of the molecule is CCC(C)NC(=O)C(C)N1CCC(N2CCC(N)CC2)C1. The summed E-state index contributed by atoms with van der Waals surface area (Å²) in [5, 5.41) is 3.10. The molecular formula is C16H32N4O. The van der Waals surface area contributed by atoms with Crippen molar-refractivity contribution in [3.8, 4) is 0 Å². The van der Waals surface area contributed by atoms with Crippen LogP contribution in [0.3, 0.4) is 0 Å². The van der Waals surface area contributed by atoms with Crippen molar-refractivity contribution in [3.63, 3.8) is 0 Å². The first-order valence-electron chi connectivity index (χ1n) is 8.55. The largest absolute Gasteiger partial charge is 0.352 e. The number of nitrogens with two attached hydrogens (primary N) is 1. The van der Waals surface area contributed by atoms with Gasteiger partial charge in [0.1, 0.15) is 0 Å². The first-order chi connectivity index (χ1) is 10.0. The number of carbonyl (C=O) groups excluding carboxylic acids is 1. The van der Waals surface area contributed by atoms with Crippen molar-refractivity contribution in [2.45, 2.75) is 70.6 Å². The highest BCUT2D eigenvalue weighted by Crippen LogP contribution is 2.21. The number of piperidine rings is 1. The highest BCUT2D eigenvalue weighted by molar-refractivity contribution is 5.81. The van der Waals surface area contributed by atoms with Crippen molar-refractivity contribution in [1.29, 1.82) is 0 Å². The van der Waals surface area contributed by atoms with Gasteiger partial charge in [-0.3, -0.25) is 14.6 Å². The lowest BCUT2D eigenvalue weighted by atomic mass is 10.0. The number of nitrogens with one attached hydrogen (secondary N) is 1. The van der Waals surface area contributed by atoms with Crippen molar-refractivity contribution >= 4 is 5.91 Å². The lowest BCUT2D eigenvalue weighted by molar-refractivity contribution is -0.126. The van der Waals surface area contributed by atoms with Crippen LogP contribution in [0.5, 0.6) is 0 Å². The van der Waals surface area contributed by atoms with E-state index >= 15 is 0 Å². The number of carbonyl (C=O) groups is 1. The van der Waals surface area contributed by atoms with Gasteiger partial charge in [0.05, 0.1) is 6.04 Å². The summed E-state index contributed by atoms with van der Waals surface area (Å²) in [5.74, 6) is 0.172. The van der Waals surface area contributed by atoms with E-state index in [0.29, 0.717) is 12.1 Å². The van der Waals surface area contributed by atoms with E-state index in [1.54, 1.807) is 0 Å². The Hall–Kier alpha value is -0.650. The Morgan fingerprint density at radius 3 is 2.52 bits per heavy atom. The van der Waals surface area contributed by atoms with Crippen molar-refractivity contribution in [3.05, 3.63) is 0 Å². The predicted molar refractivity (Wildman–Crippen MR) is 86.1 cm³/mol. The summed E-state index contributed by atoms with van der Waals surface area (Å²) in [4.78, 5) is 17.1.